The van der Waals surface area contributed by atoms with Gasteiger partial charge >= 0.3 is 0 Å². The summed E-state index contributed by atoms with van der Waals surface area (Å²) in [7, 11) is 0. The van der Waals surface area contributed by atoms with Crippen LogP contribution in [0.2, 0.25) is 0 Å². The molecule has 0 fully saturated rings. The molecule has 1 aromatic heterocycles. The summed E-state index contributed by atoms with van der Waals surface area (Å²) in [5.74, 6) is 0.725. The first-order valence-electron chi connectivity index (χ1n) is 19.0. The van der Waals surface area contributed by atoms with Crippen molar-refractivity contribution in [2.24, 2.45) is 0 Å². The molecule has 55 heavy (non-hydrogen) atoms. The van der Waals surface area contributed by atoms with Gasteiger partial charge in [0, 0.05) is 16.5 Å². The second-order valence-electron chi connectivity index (χ2n) is 14.8. The van der Waals surface area contributed by atoms with Crippen molar-refractivity contribution in [3.8, 4) is 56.0 Å². The zero-order valence-electron chi connectivity index (χ0n) is 29.9. The highest BCUT2D eigenvalue weighted by Crippen LogP contribution is 2.65. The molecule has 1 spiro atoms. The number of rotatable bonds is 3. The molecule has 10 aromatic rings. The Morgan fingerprint density at radius 1 is 0.345 bits per heavy atom. The molecule has 0 radical (unpaired) electrons. The van der Waals surface area contributed by atoms with Gasteiger partial charge in [-0.3, -0.25) is 0 Å². The fourth-order valence-electron chi connectivity index (χ4n) is 9.83. The van der Waals surface area contributed by atoms with Crippen LogP contribution in [0.4, 0.5) is 0 Å². The minimum Gasteiger partial charge on any atom is -0.228 e. The summed E-state index contributed by atoms with van der Waals surface area (Å²) >= 11 is 0. The van der Waals surface area contributed by atoms with E-state index in [4.69, 9.17) is 9.97 Å². The molecule has 1 heterocycles. The molecule has 0 saturated heterocycles. The van der Waals surface area contributed by atoms with Crippen LogP contribution in [-0.4, -0.2) is 9.97 Å². The number of fused-ring (bicyclic) bond motifs is 15. The number of benzene rings is 9. The monoisotopic (exact) mass is 696 g/mol. The maximum absolute atomic E-state index is 5.17. The normalized spacial score (nSPS) is 13.2. The van der Waals surface area contributed by atoms with E-state index >= 15 is 0 Å². The van der Waals surface area contributed by atoms with Gasteiger partial charge in [0.15, 0.2) is 5.82 Å². The van der Waals surface area contributed by atoms with Crippen molar-refractivity contribution < 1.29 is 0 Å². The zero-order valence-corrected chi connectivity index (χ0v) is 29.9. The summed E-state index contributed by atoms with van der Waals surface area (Å²) in [5.41, 5.74) is 16.6. The largest absolute Gasteiger partial charge is 0.228 e. The highest BCUT2D eigenvalue weighted by Gasteiger charge is 2.53. The van der Waals surface area contributed by atoms with E-state index in [1.54, 1.807) is 0 Å². The Morgan fingerprint density at radius 3 is 1.71 bits per heavy atom. The standard InChI is InChI=1S/C53H32N2/c1-2-15-35(16-3-1)51-42-22-10-13-25-48(42)54-52(55-51)36-28-26-34(27-29-36)44-32-47-49(41-21-7-6-18-38(41)44)43-31-30-33-14-4-5-17-37(33)50(43)53(47)45-23-11-8-19-39(45)40-20-9-12-24-46(40)53/h1-32H. The van der Waals surface area contributed by atoms with Gasteiger partial charge in [-0.2, -0.15) is 0 Å². The van der Waals surface area contributed by atoms with Crippen molar-refractivity contribution >= 4 is 32.4 Å². The van der Waals surface area contributed by atoms with Gasteiger partial charge < -0.3 is 0 Å². The Labute approximate surface area is 319 Å². The first-order valence-corrected chi connectivity index (χ1v) is 19.0. The van der Waals surface area contributed by atoms with Crippen LogP contribution in [0.15, 0.2) is 194 Å². The van der Waals surface area contributed by atoms with Gasteiger partial charge in [0.1, 0.15) is 0 Å². The van der Waals surface area contributed by atoms with Crippen LogP contribution in [0, 0.1) is 0 Å². The van der Waals surface area contributed by atoms with Gasteiger partial charge in [0.25, 0.3) is 0 Å². The van der Waals surface area contributed by atoms with Gasteiger partial charge in [-0.25, -0.2) is 9.97 Å². The molecule has 12 rings (SSSR count). The molecular formula is C53H32N2. The number of nitrogens with zero attached hydrogens (tertiary/aromatic N) is 2. The number of hydrogen-bond donors (Lipinski definition) is 0. The maximum atomic E-state index is 5.17. The first kappa shape index (κ1) is 30.3. The van der Waals surface area contributed by atoms with E-state index in [2.05, 4.69) is 182 Å². The molecule has 0 N–H and O–H groups in total. The van der Waals surface area contributed by atoms with E-state index in [0.717, 1.165) is 33.5 Å². The van der Waals surface area contributed by atoms with Crippen molar-refractivity contribution in [3.05, 3.63) is 216 Å². The summed E-state index contributed by atoms with van der Waals surface area (Å²) in [4.78, 5) is 10.2. The third-order valence-electron chi connectivity index (χ3n) is 12.1. The predicted octanol–water partition coefficient (Wildman–Crippen LogP) is 13.3. The maximum Gasteiger partial charge on any atom is 0.160 e. The highest BCUT2D eigenvalue weighted by atomic mass is 14.9. The molecule has 9 aromatic carbocycles. The summed E-state index contributed by atoms with van der Waals surface area (Å²) in [5, 5.41) is 6.15. The average Bonchev–Trinajstić information content (AvgIpc) is 3.74. The lowest BCUT2D eigenvalue weighted by Crippen LogP contribution is -2.26. The fraction of sp³-hybridized carbons (Fsp3) is 0.0189. The van der Waals surface area contributed by atoms with Crippen molar-refractivity contribution in [2.45, 2.75) is 5.41 Å². The highest BCUT2D eigenvalue weighted by molar-refractivity contribution is 6.14. The van der Waals surface area contributed by atoms with Crippen molar-refractivity contribution in [1.82, 2.24) is 9.97 Å². The molecule has 2 heteroatoms. The molecule has 0 atom stereocenters. The van der Waals surface area contributed by atoms with Crippen LogP contribution in [0.1, 0.15) is 22.3 Å². The minimum atomic E-state index is -0.468. The van der Waals surface area contributed by atoms with Gasteiger partial charge in [-0.15, -0.1) is 0 Å². The van der Waals surface area contributed by atoms with Crippen LogP contribution < -0.4 is 0 Å². The lowest BCUT2D eigenvalue weighted by atomic mass is 9.69. The summed E-state index contributed by atoms with van der Waals surface area (Å²) < 4.78 is 0. The second-order valence-corrected chi connectivity index (χ2v) is 14.8. The van der Waals surface area contributed by atoms with Gasteiger partial charge in [0.05, 0.1) is 16.6 Å². The summed E-state index contributed by atoms with van der Waals surface area (Å²) in [6.07, 6.45) is 0. The van der Waals surface area contributed by atoms with Crippen molar-refractivity contribution in [1.29, 1.82) is 0 Å². The molecular weight excluding hydrogens is 665 g/mol. The summed E-state index contributed by atoms with van der Waals surface area (Å²) in [6, 6.07) is 70.9. The van der Waals surface area contributed by atoms with Crippen LogP contribution in [0.3, 0.4) is 0 Å². The van der Waals surface area contributed by atoms with E-state index in [1.807, 2.05) is 12.1 Å². The lowest BCUT2D eigenvalue weighted by molar-refractivity contribution is 0.802. The van der Waals surface area contributed by atoms with E-state index < -0.39 is 5.41 Å². The minimum absolute atomic E-state index is 0.468. The second kappa shape index (κ2) is 11.4. The molecule has 2 nitrogen and oxygen atoms in total. The summed E-state index contributed by atoms with van der Waals surface area (Å²) in [6.45, 7) is 0. The fourth-order valence-corrected chi connectivity index (χ4v) is 9.83. The molecule has 0 amide bonds. The van der Waals surface area contributed by atoms with Gasteiger partial charge in [-0.05, 0) is 89.3 Å². The lowest BCUT2D eigenvalue weighted by Gasteiger charge is -2.32. The van der Waals surface area contributed by atoms with Crippen LogP contribution in [-0.2, 0) is 5.41 Å². The van der Waals surface area contributed by atoms with E-state index in [9.17, 15) is 0 Å². The topological polar surface area (TPSA) is 25.8 Å². The van der Waals surface area contributed by atoms with E-state index in [1.165, 1.54) is 77.2 Å². The third kappa shape index (κ3) is 4.14. The Hall–Kier alpha value is -7.16. The molecule has 254 valence electrons. The molecule has 2 aliphatic rings. The third-order valence-corrected chi connectivity index (χ3v) is 12.1. The number of para-hydroxylation sites is 1. The zero-order chi connectivity index (χ0) is 36.1. The Bertz CT molecular complexity index is 3150. The van der Waals surface area contributed by atoms with Crippen LogP contribution >= 0.6 is 0 Å². The molecule has 2 aliphatic carbocycles. The number of hydrogen-bond acceptors (Lipinski definition) is 2. The van der Waals surface area contributed by atoms with Gasteiger partial charge in [-0.1, -0.05) is 182 Å². The molecule has 0 bridgehead atoms. The van der Waals surface area contributed by atoms with E-state index in [-0.39, 0.29) is 0 Å². The Kier molecular flexibility index (Phi) is 6.29. The molecule has 0 unspecified atom stereocenters. The Balaban J connectivity index is 1.11. The van der Waals surface area contributed by atoms with E-state index in [0.29, 0.717) is 0 Å². The van der Waals surface area contributed by atoms with Crippen molar-refractivity contribution in [2.75, 3.05) is 0 Å². The Morgan fingerprint density at radius 2 is 0.945 bits per heavy atom. The smallest absolute Gasteiger partial charge is 0.160 e. The van der Waals surface area contributed by atoms with Crippen LogP contribution in [0.5, 0.6) is 0 Å². The quantitative estimate of drug-likeness (QED) is 0.184. The molecule has 0 saturated carbocycles. The van der Waals surface area contributed by atoms with Crippen molar-refractivity contribution in [3.63, 3.8) is 0 Å². The molecule has 0 aliphatic heterocycles. The average molecular weight is 697 g/mol. The first-order chi connectivity index (χ1) is 27.3. The van der Waals surface area contributed by atoms with Gasteiger partial charge in [0.2, 0.25) is 0 Å². The number of aromatic nitrogens is 2. The SMILES string of the molecule is c1ccc(-c2nc(-c3ccc(-c4cc5c(c6ccccc46)-c4ccc6ccccc6c4C54c5ccccc5-c5ccccc54)cc3)nc3ccccc23)cc1. The predicted molar refractivity (Wildman–Crippen MR) is 227 cm³/mol. The van der Waals surface area contributed by atoms with Crippen LogP contribution in [0.25, 0.3) is 88.5 Å².